The second-order valence-corrected chi connectivity index (χ2v) is 19.6. The number of carbonyl (C=O) groups is 1. The van der Waals surface area contributed by atoms with Gasteiger partial charge in [-0.05, 0) is 148 Å². The van der Waals surface area contributed by atoms with Crippen LogP contribution in [0.2, 0.25) is 5.02 Å². The molecule has 1 saturated carbocycles. The maximum Gasteiger partial charge on any atom is 0.331 e. The second-order valence-electron chi connectivity index (χ2n) is 17.6. The SMILES string of the molecule is COC(=O)C1(Nc2cccc(Cl)c2)CCC2(CC1)c1cc3c(cc1C[C@@H]2C[C@@H](C)COc1ccnc2c1[C@H](C)CCC2)OC(CCOS(=O)(=O)c1ccc(C)cc1)CCO3. The molecule has 0 amide bonds. The van der Waals surface area contributed by atoms with Crippen molar-refractivity contribution in [3.8, 4) is 17.2 Å². The fourth-order valence-corrected chi connectivity index (χ4v) is 11.4. The Bertz CT molecular complexity index is 2290. The van der Waals surface area contributed by atoms with Gasteiger partial charge in [-0.25, -0.2) is 4.79 Å². The summed E-state index contributed by atoms with van der Waals surface area (Å²) in [5.74, 6) is 3.01. The zero-order chi connectivity index (χ0) is 42.1. The van der Waals surface area contributed by atoms with Gasteiger partial charge in [0.2, 0.25) is 0 Å². The zero-order valence-electron chi connectivity index (χ0n) is 35.1. The molecule has 4 aromatic rings. The third kappa shape index (κ3) is 8.72. The van der Waals surface area contributed by atoms with E-state index >= 15 is 0 Å². The monoisotopic (exact) mass is 856 g/mol. The third-order valence-corrected chi connectivity index (χ3v) is 15.1. The van der Waals surface area contributed by atoms with Crippen molar-refractivity contribution in [2.45, 2.75) is 119 Å². The van der Waals surface area contributed by atoms with E-state index in [1.807, 2.05) is 43.5 Å². The summed E-state index contributed by atoms with van der Waals surface area (Å²) in [7, 11) is -2.43. The van der Waals surface area contributed by atoms with Crippen molar-refractivity contribution in [3.05, 3.63) is 106 Å². The van der Waals surface area contributed by atoms with Crippen molar-refractivity contribution < 1.29 is 36.3 Å². The minimum atomic E-state index is -3.89. The van der Waals surface area contributed by atoms with Crippen molar-refractivity contribution in [1.29, 1.82) is 0 Å². The number of ether oxygens (including phenoxy) is 4. The molecule has 1 fully saturated rings. The average molecular weight is 858 g/mol. The standard InChI is InChI=1S/C48H57ClN2O8S/c1-31-11-13-39(14-12-31)60(53,54)58-24-17-38-16-23-56-43-29-40-34(27-44(43)59-38)26-35(25-32(2)30-57-42-15-22-50-41-10-5-7-33(3)45(41)42)47(40)18-20-48(21-19-47,46(52)55-4)51-37-9-6-8-36(49)28-37/h6,8-9,11-15,22,27-29,32-33,35,38,51H,5,7,10,16-21,23-26,30H2,1-4H3/t32-,33-,35+,38?,47?,48?/m1/s1. The molecule has 1 aliphatic heterocycles. The van der Waals surface area contributed by atoms with Crippen LogP contribution >= 0.6 is 11.6 Å². The highest BCUT2D eigenvalue weighted by Gasteiger charge is 2.55. The summed E-state index contributed by atoms with van der Waals surface area (Å²) in [4.78, 5) is 18.5. The van der Waals surface area contributed by atoms with Crippen molar-refractivity contribution >= 4 is 33.4 Å². The molecule has 10 nitrogen and oxygen atoms in total. The minimum absolute atomic E-state index is 0.00132. The smallest absolute Gasteiger partial charge is 0.331 e. The highest BCUT2D eigenvalue weighted by Crippen LogP contribution is 2.58. The van der Waals surface area contributed by atoms with E-state index in [0.29, 0.717) is 61.3 Å². The van der Waals surface area contributed by atoms with Crippen LogP contribution in [0.3, 0.4) is 0 Å². The van der Waals surface area contributed by atoms with Crippen molar-refractivity contribution in [3.63, 3.8) is 0 Å². The quantitative estimate of drug-likeness (QED) is 0.103. The maximum atomic E-state index is 13.7. The lowest BCUT2D eigenvalue weighted by atomic mass is 9.59. The van der Waals surface area contributed by atoms with Gasteiger partial charge in [0.05, 0.1) is 31.8 Å². The first-order valence-electron chi connectivity index (χ1n) is 21.5. The predicted octanol–water partition coefficient (Wildman–Crippen LogP) is 9.92. The Hall–Kier alpha value is -4.32. The van der Waals surface area contributed by atoms with Gasteiger partial charge in [-0.1, -0.05) is 49.2 Å². The van der Waals surface area contributed by atoms with Gasteiger partial charge in [0, 0.05) is 41.0 Å². The topological polar surface area (TPSA) is 122 Å². The van der Waals surface area contributed by atoms with E-state index in [4.69, 9.17) is 34.7 Å². The van der Waals surface area contributed by atoms with Gasteiger partial charge in [-0.3, -0.25) is 9.17 Å². The number of aromatic nitrogens is 1. The lowest BCUT2D eigenvalue weighted by molar-refractivity contribution is -0.148. The molecule has 320 valence electrons. The number of hydrogen-bond acceptors (Lipinski definition) is 10. The molecular weight excluding hydrogens is 800 g/mol. The second kappa shape index (κ2) is 17.6. The molecule has 12 heteroatoms. The van der Waals surface area contributed by atoms with Gasteiger partial charge >= 0.3 is 5.97 Å². The van der Waals surface area contributed by atoms with Crippen molar-refractivity contribution in [2.75, 3.05) is 32.2 Å². The Morgan fingerprint density at radius 2 is 1.83 bits per heavy atom. The molecule has 0 bridgehead atoms. The van der Waals surface area contributed by atoms with Gasteiger partial charge in [0.15, 0.2) is 11.5 Å². The maximum absolute atomic E-state index is 13.7. The van der Waals surface area contributed by atoms with Crippen LogP contribution in [0.4, 0.5) is 5.69 Å². The van der Waals surface area contributed by atoms with Crippen LogP contribution in [0.15, 0.2) is 77.8 Å². The van der Waals surface area contributed by atoms with Crippen LogP contribution in [-0.4, -0.2) is 57.9 Å². The molecule has 4 atom stereocenters. The summed E-state index contributed by atoms with van der Waals surface area (Å²) in [5.41, 5.74) is 5.54. The summed E-state index contributed by atoms with van der Waals surface area (Å²) >= 11 is 6.38. The molecule has 60 heavy (non-hydrogen) atoms. The van der Waals surface area contributed by atoms with Crippen LogP contribution in [0.25, 0.3) is 0 Å². The number of nitrogens with one attached hydrogen (secondary N) is 1. The molecule has 0 radical (unpaired) electrons. The first-order valence-corrected chi connectivity index (χ1v) is 23.3. The number of hydrogen-bond donors (Lipinski definition) is 1. The largest absolute Gasteiger partial charge is 0.493 e. The molecule has 3 aliphatic carbocycles. The van der Waals surface area contributed by atoms with Crippen molar-refractivity contribution in [2.24, 2.45) is 11.8 Å². The molecule has 1 N–H and O–H groups in total. The highest BCUT2D eigenvalue weighted by molar-refractivity contribution is 7.86. The van der Waals surface area contributed by atoms with E-state index in [-0.39, 0.29) is 40.8 Å². The Morgan fingerprint density at radius 3 is 2.60 bits per heavy atom. The number of aryl methyl sites for hydroxylation is 2. The number of benzene rings is 3. The lowest BCUT2D eigenvalue weighted by Gasteiger charge is -2.47. The lowest BCUT2D eigenvalue weighted by Crippen LogP contribution is -2.53. The Kier molecular flexibility index (Phi) is 12.4. The number of methoxy groups -OCH3 is 1. The van der Waals surface area contributed by atoms with E-state index in [1.54, 1.807) is 24.3 Å². The normalized spacial score (nSPS) is 25.1. The van der Waals surface area contributed by atoms with E-state index in [9.17, 15) is 13.2 Å². The van der Waals surface area contributed by atoms with E-state index in [2.05, 4.69) is 36.3 Å². The molecule has 1 unspecified atom stereocenters. The summed E-state index contributed by atoms with van der Waals surface area (Å²) in [6, 6.07) is 20.5. The number of anilines is 1. The number of halogens is 1. The van der Waals surface area contributed by atoms with E-state index < -0.39 is 15.7 Å². The van der Waals surface area contributed by atoms with E-state index in [0.717, 1.165) is 67.6 Å². The zero-order valence-corrected chi connectivity index (χ0v) is 36.7. The molecule has 4 aliphatic rings. The number of pyridine rings is 1. The van der Waals surface area contributed by atoms with Crippen LogP contribution in [0.1, 0.15) is 106 Å². The highest BCUT2D eigenvalue weighted by atomic mass is 35.5. The van der Waals surface area contributed by atoms with Gasteiger partial charge in [0.1, 0.15) is 17.4 Å². The van der Waals surface area contributed by atoms with Crippen LogP contribution < -0.4 is 19.5 Å². The van der Waals surface area contributed by atoms with Gasteiger partial charge in [0.25, 0.3) is 10.1 Å². The summed E-state index contributed by atoms with van der Waals surface area (Å²) in [6.07, 6.45) is 10.4. The van der Waals surface area contributed by atoms with Crippen LogP contribution in [-0.2, 0) is 42.1 Å². The molecule has 2 heterocycles. The molecular formula is C48H57ClN2O8S. The first-order chi connectivity index (χ1) is 28.9. The Balaban J connectivity index is 1.03. The Morgan fingerprint density at radius 1 is 1.03 bits per heavy atom. The minimum Gasteiger partial charge on any atom is -0.493 e. The molecule has 8 rings (SSSR count). The average Bonchev–Trinajstić information content (AvgIpc) is 3.35. The fourth-order valence-electron chi connectivity index (χ4n) is 10.3. The molecule has 0 saturated heterocycles. The Labute approximate surface area is 359 Å². The van der Waals surface area contributed by atoms with Crippen LogP contribution in [0.5, 0.6) is 17.2 Å². The molecule has 1 spiro atoms. The fraction of sp³-hybridized carbons (Fsp3) is 0.500. The van der Waals surface area contributed by atoms with E-state index in [1.165, 1.54) is 23.8 Å². The summed E-state index contributed by atoms with van der Waals surface area (Å²) in [6.45, 7) is 7.49. The summed E-state index contributed by atoms with van der Waals surface area (Å²) < 4.78 is 56.3. The number of esters is 1. The van der Waals surface area contributed by atoms with Crippen LogP contribution in [0, 0.1) is 18.8 Å². The number of fused-ring (bicyclic) bond motifs is 4. The third-order valence-electron chi connectivity index (χ3n) is 13.5. The molecule has 3 aromatic carbocycles. The number of carbonyl (C=O) groups excluding carboxylic acids is 1. The molecule has 1 aromatic heterocycles. The van der Waals surface area contributed by atoms with Gasteiger partial charge in [-0.2, -0.15) is 8.42 Å². The predicted molar refractivity (Wildman–Crippen MR) is 232 cm³/mol. The number of nitrogens with zero attached hydrogens (tertiary/aromatic N) is 1. The summed E-state index contributed by atoms with van der Waals surface area (Å²) in [5, 5.41) is 4.16. The van der Waals surface area contributed by atoms with Crippen molar-refractivity contribution in [1.82, 2.24) is 4.98 Å². The first kappa shape index (κ1) is 42.4. The number of rotatable bonds is 13. The van der Waals surface area contributed by atoms with Gasteiger partial charge < -0.3 is 24.3 Å². The van der Waals surface area contributed by atoms with Gasteiger partial charge in [-0.15, -0.1) is 0 Å².